The Bertz CT molecular complexity index is 615. The molecule has 0 aliphatic rings. The van der Waals surface area contributed by atoms with Gasteiger partial charge in [-0.2, -0.15) is 0 Å². The van der Waals surface area contributed by atoms with Crippen LogP contribution in [0, 0.1) is 20.8 Å². The number of hydrogen-bond acceptors (Lipinski definition) is 3. The molecule has 0 heterocycles. The summed E-state index contributed by atoms with van der Waals surface area (Å²) >= 11 is 0. The number of para-hydroxylation sites is 1. The third kappa shape index (κ3) is 4.52. The van der Waals surface area contributed by atoms with Gasteiger partial charge in [0, 0.05) is 5.69 Å². The van der Waals surface area contributed by atoms with Crippen LogP contribution in [0.15, 0.2) is 42.5 Å². The first-order valence-corrected chi connectivity index (χ1v) is 7.26. The highest BCUT2D eigenvalue weighted by molar-refractivity contribution is 5.86. The molecule has 22 heavy (non-hydrogen) atoms. The fourth-order valence-corrected chi connectivity index (χ4v) is 2.33. The molecule has 2 aromatic carbocycles. The van der Waals surface area contributed by atoms with Crippen LogP contribution in [0.25, 0.3) is 0 Å². The predicted octanol–water partition coefficient (Wildman–Crippen LogP) is 4.24. The second-order valence-electron chi connectivity index (χ2n) is 5.20. The number of hydrogen-bond donors (Lipinski definition) is 1. The average Bonchev–Trinajstić information content (AvgIpc) is 2.48. The highest BCUT2D eigenvalue weighted by atomic mass is 16.6. The molecule has 0 fully saturated rings. The maximum Gasteiger partial charge on any atom is 0.411 e. The first kappa shape index (κ1) is 15.9. The number of benzene rings is 2. The summed E-state index contributed by atoms with van der Waals surface area (Å²) in [5.74, 6) is 0.761. The first-order chi connectivity index (χ1) is 10.6. The van der Waals surface area contributed by atoms with E-state index < -0.39 is 6.09 Å². The van der Waals surface area contributed by atoms with Gasteiger partial charge in [0.2, 0.25) is 0 Å². The van der Waals surface area contributed by atoms with Crippen molar-refractivity contribution in [2.75, 3.05) is 18.5 Å². The van der Waals surface area contributed by atoms with Crippen LogP contribution in [0.3, 0.4) is 0 Å². The Balaban J connectivity index is 1.79. The van der Waals surface area contributed by atoms with Gasteiger partial charge in [-0.05, 0) is 44.0 Å². The predicted molar refractivity (Wildman–Crippen MR) is 87.6 cm³/mol. The number of amides is 1. The van der Waals surface area contributed by atoms with Crippen LogP contribution in [0.2, 0.25) is 0 Å². The molecular weight excluding hydrogens is 278 g/mol. The van der Waals surface area contributed by atoms with Crippen molar-refractivity contribution >= 4 is 11.8 Å². The molecule has 0 aliphatic carbocycles. The molecule has 0 radical (unpaired) electrons. The summed E-state index contributed by atoms with van der Waals surface area (Å²) in [7, 11) is 0. The molecular formula is C18H21NO3. The largest absolute Gasteiger partial charge is 0.490 e. The lowest BCUT2D eigenvalue weighted by Gasteiger charge is -2.13. The van der Waals surface area contributed by atoms with Gasteiger partial charge in [0.05, 0.1) is 0 Å². The van der Waals surface area contributed by atoms with Gasteiger partial charge in [0.1, 0.15) is 19.0 Å². The molecule has 1 amide bonds. The van der Waals surface area contributed by atoms with Gasteiger partial charge in [0.25, 0.3) is 0 Å². The summed E-state index contributed by atoms with van der Waals surface area (Å²) in [5, 5.41) is 2.79. The molecule has 4 heteroatoms. The van der Waals surface area contributed by atoms with Crippen LogP contribution in [-0.2, 0) is 4.74 Å². The van der Waals surface area contributed by atoms with Gasteiger partial charge in [-0.3, -0.25) is 5.32 Å². The van der Waals surface area contributed by atoms with Gasteiger partial charge in [-0.1, -0.05) is 35.9 Å². The maximum absolute atomic E-state index is 11.8. The van der Waals surface area contributed by atoms with Gasteiger partial charge in [0.15, 0.2) is 0 Å². The van der Waals surface area contributed by atoms with E-state index in [1.54, 1.807) is 0 Å². The number of ether oxygens (including phenoxy) is 2. The molecule has 0 aromatic heterocycles. The monoisotopic (exact) mass is 299 g/mol. The molecule has 2 aromatic rings. The van der Waals surface area contributed by atoms with Crippen molar-refractivity contribution in [2.45, 2.75) is 20.8 Å². The van der Waals surface area contributed by atoms with Crippen molar-refractivity contribution in [1.82, 2.24) is 0 Å². The van der Waals surface area contributed by atoms with E-state index in [0.29, 0.717) is 6.61 Å². The second-order valence-corrected chi connectivity index (χ2v) is 5.20. The SMILES string of the molecule is Cc1cc(C)c(NC(=O)OCCOc2ccccc2)c(C)c1. The number of aryl methyl sites for hydroxylation is 3. The van der Waals surface area contributed by atoms with Crippen LogP contribution < -0.4 is 10.1 Å². The van der Waals surface area contributed by atoms with E-state index in [-0.39, 0.29) is 6.61 Å². The summed E-state index contributed by atoms with van der Waals surface area (Å²) < 4.78 is 10.6. The fraction of sp³-hybridized carbons (Fsp3) is 0.278. The fourth-order valence-electron chi connectivity index (χ4n) is 2.33. The molecule has 0 spiro atoms. The number of nitrogens with one attached hydrogen (secondary N) is 1. The van der Waals surface area contributed by atoms with Crippen molar-refractivity contribution in [1.29, 1.82) is 0 Å². The number of rotatable bonds is 5. The number of anilines is 1. The lowest BCUT2D eigenvalue weighted by atomic mass is 10.1. The third-order valence-electron chi connectivity index (χ3n) is 3.23. The highest BCUT2D eigenvalue weighted by Gasteiger charge is 2.09. The average molecular weight is 299 g/mol. The van der Waals surface area contributed by atoms with Crippen molar-refractivity contribution in [2.24, 2.45) is 0 Å². The van der Waals surface area contributed by atoms with E-state index in [1.807, 2.05) is 63.2 Å². The number of carbonyl (C=O) groups excluding carboxylic acids is 1. The summed E-state index contributed by atoms with van der Waals surface area (Å²) in [6, 6.07) is 13.5. The maximum atomic E-state index is 11.8. The van der Waals surface area contributed by atoms with Crippen molar-refractivity contribution in [3.63, 3.8) is 0 Å². The summed E-state index contributed by atoms with van der Waals surface area (Å²) in [6.07, 6.45) is -0.466. The molecule has 0 saturated heterocycles. The molecule has 1 N–H and O–H groups in total. The Morgan fingerprint density at radius 1 is 1.00 bits per heavy atom. The molecule has 116 valence electrons. The lowest BCUT2D eigenvalue weighted by Crippen LogP contribution is -2.18. The van der Waals surface area contributed by atoms with Crippen molar-refractivity contribution in [3.05, 3.63) is 59.2 Å². The number of carbonyl (C=O) groups is 1. The Morgan fingerprint density at radius 2 is 1.64 bits per heavy atom. The molecule has 4 nitrogen and oxygen atoms in total. The van der Waals surface area contributed by atoms with Crippen LogP contribution in [0.1, 0.15) is 16.7 Å². The summed E-state index contributed by atoms with van der Waals surface area (Å²) in [5.41, 5.74) is 4.02. The van der Waals surface area contributed by atoms with Gasteiger partial charge in [-0.25, -0.2) is 4.79 Å². The smallest absolute Gasteiger partial charge is 0.411 e. The normalized spacial score (nSPS) is 10.1. The van der Waals surface area contributed by atoms with E-state index in [2.05, 4.69) is 5.32 Å². The zero-order valence-corrected chi connectivity index (χ0v) is 13.2. The molecule has 0 aliphatic heterocycles. The van der Waals surface area contributed by atoms with Gasteiger partial charge in [-0.15, -0.1) is 0 Å². The standard InChI is InChI=1S/C18H21NO3/c1-13-11-14(2)17(15(3)12-13)19-18(20)22-10-9-21-16-7-5-4-6-8-16/h4-8,11-12H,9-10H2,1-3H3,(H,19,20). The lowest BCUT2D eigenvalue weighted by molar-refractivity contribution is 0.138. The van der Waals surface area contributed by atoms with E-state index in [0.717, 1.165) is 22.6 Å². The minimum absolute atomic E-state index is 0.199. The van der Waals surface area contributed by atoms with E-state index in [9.17, 15) is 4.79 Å². The Labute approximate surface area is 131 Å². The van der Waals surface area contributed by atoms with E-state index in [1.165, 1.54) is 5.56 Å². The highest BCUT2D eigenvalue weighted by Crippen LogP contribution is 2.21. The van der Waals surface area contributed by atoms with Gasteiger partial charge < -0.3 is 9.47 Å². The van der Waals surface area contributed by atoms with Crippen LogP contribution in [0.5, 0.6) is 5.75 Å². The third-order valence-corrected chi connectivity index (χ3v) is 3.23. The minimum Gasteiger partial charge on any atom is -0.490 e. The summed E-state index contributed by atoms with van der Waals surface area (Å²) in [6.45, 7) is 6.49. The van der Waals surface area contributed by atoms with Crippen molar-refractivity contribution in [3.8, 4) is 5.75 Å². The molecule has 0 unspecified atom stereocenters. The van der Waals surface area contributed by atoms with Gasteiger partial charge >= 0.3 is 6.09 Å². The zero-order valence-electron chi connectivity index (χ0n) is 13.2. The van der Waals surface area contributed by atoms with Crippen LogP contribution in [0.4, 0.5) is 10.5 Å². The summed E-state index contributed by atoms with van der Waals surface area (Å²) in [4.78, 5) is 11.8. The van der Waals surface area contributed by atoms with Crippen molar-refractivity contribution < 1.29 is 14.3 Å². The molecule has 0 saturated carbocycles. The van der Waals surface area contributed by atoms with E-state index in [4.69, 9.17) is 9.47 Å². The Hall–Kier alpha value is -2.49. The second kappa shape index (κ2) is 7.50. The molecule has 0 atom stereocenters. The van der Waals surface area contributed by atoms with Crippen LogP contribution in [-0.4, -0.2) is 19.3 Å². The minimum atomic E-state index is -0.466. The van der Waals surface area contributed by atoms with Crippen LogP contribution >= 0.6 is 0 Å². The molecule has 2 rings (SSSR count). The Kier molecular flexibility index (Phi) is 5.42. The van der Waals surface area contributed by atoms with E-state index >= 15 is 0 Å². The quantitative estimate of drug-likeness (QED) is 0.840. The zero-order chi connectivity index (χ0) is 15.9. The topological polar surface area (TPSA) is 47.6 Å². The molecule has 0 bridgehead atoms. The Morgan fingerprint density at radius 3 is 2.27 bits per heavy atom. The first-order valence-electron chi connectivity index (χ1n) is 7.26.